The zero-order valence-electron chi connectivity index (χ0n) is 15.6. The van der Waals surface area contributed by atoms with Gasteiger partial charge in [0, 0.05) is 12.1 Å². The number of hydrogen-bond donors (Lipinski definition) is 2. The molecule has 1 amide bonds. The highest BCUT2D eigenvalue weighted by Crippen LogP contribution is 2.40. The molecule has 31 heavy (non-hydrogen) atoms. The minimum Gasteiger partial charge on any atom is -0.454 e. The van der Waals surface area contributed by atoms with Gasteiger partial charge < -0.3 is 15.5 Å². The summed E-state index contributed by atoms with van der Waals surface area (Å²) in [7, 11) is 0. The molecule has 1 fully saturated rings. The fourth-order valence-corrected chi connectivity index (χ4v) is 3.94. The Bertz CT molecular complexity index is 1450. The van der Waals surface area contributed by atoms with Crippen molar-refractivity contribution in [3.8, 4) is 17.2 Å². The normalized spacial score (nSPS) is 13.6. The molecule has 0 bridgehead atoms. The highest BCUT2D eigenvalue weighted by Gasteiger charge is 2.27. The van der Waals surface area contributed by atoms with E-state index in [1.807, 2.05) is 0 Å². The van der Waals surface area contributed by atoms with E-state index in [-0.39, 0.29) is 33.2 Å². The van der Waals surface area contributed by atoms with Crippen molar-refractivity contribution in [1.29, 1.82) is 0 Å². The Kier molecular flexibility index (Phi) is 4.42. The van der Waals surface area contributed by atoms with Crippen LogP contribution in [-0.4, -0.2) is 25.2 Å². The van der Waals surface area contributed by atoms with Gasteiger partial charge in [-0.2, -0.15) is 0 Å². The number of nitrogens with two attached hydrogens (primary N) is 1. The second kappa shape index (κ2) is 7.03. The predicted octanol–water partition coefficient (Wildman–Crippen LogP) is 3.00. The smallest absolute Gasteiger partial charge is 0.446 e. The van der Waals surface area contributed by atoms with E-state index in [0.29, 0.717) is 11.3 Å². The van der Waals surface area contributed by atoms with Crippen molar-refractivity contribution in [1.82, 2.24) is 19.3 Å². The molecule has 0 saturated heterocycles. The van der Waals surface area contributed by atoms with E-state index in [4.69, 9.17) is 33.7 Å². The van der Waals surface area contributed by atoms with Crippen LogP contribution in [0.4, 0.5) is 0 Å². The number of fused-ring (bicyclic) bond motifs is 1. The Hall–Kier alpha value is -3.50. The molecule has 0 atom stereocenters. The fraction of sp³-hybridized carbons (Fsp3) is 0.158. The van der Waals surface area contributed by atoms with E-state index < -0.39 is 17.5 Å². The predicted molar refractivity (Wildman–Crippen MR) is 112 cm³/mol. The number of primary amides is 1. The third kappa shape index (κ3) is 3.29. The molecule has 4 aromatic rings. The molecule has 1 saturated carbocycles. The summed E-state index contributed by atoms with van der Waals surface area (Å²) in [4.78, 5) is 38.5. The van der Waals surface area contributed by atoms with Crippen molar-refractivity contribution in [2.45, 2.75) is 18.9 Å². The van der Waals surface area contributed by atoms with E-state index in [1.165, 1.54) is 12.1 Å². The van der Waals surface area contributed by atoms with Gasteiger partial charge in [0.1, 0.15) is 5.75 Å². The highest BCUT2D eigenvalue weighted by molar-refractivity contribution is 6.37. The Morgan fingerprint density at radius 2 is 1.90 bits per heavy atom. The molecule has 0 radical (unpaired) electrons. The minimum atomic E-state index is -0.958. The van der Waals surface area contributed by atoms with Gasteiger partial charge in [-0.15, -0.1) is 0 Å². The number of ether oxygens (including phenoxy) is 1. The topological polar surface area (TPSA) is 138 Å². The van der Waals surface area contributed by atoms with Crippen LogP contribution in [0.2, 0.25) is 10.0 Å². The number of rotatable bonds is 5. The van der Waals surface area contributed by atoms with Crippen LogP contribution in [0.5, 0.6) is 11.5 Å². The van der Waals surface area contributed by atoms with E-state index in [1.54, 1.807) is 22.8 Å². The first-order valence-electron chi connectivity index (χ1n) is 9.13. The number of hydrogen-bond acceptors (Lipinski definition) is 6. The third-order valence-corrected chi connectivity index (χ3v) is 5.45. The maximum atomic E-state index is 12.2. The average Bonchev–Trinajstić information content (AvgIpc) is 3.38. The molecule has 10 nitrogen and oxygen atoms in total. The lowest BCUT2D eigenvalue weighted by Crippen LogP contribution is -2.22. The number of benzene rings is 2. The van der Waals surface area contributed by atoms with Gasteiger partial charge in [-0.25, -0.2) is 14.2 Å². The van der Waals surface area contributed by atoms with Crippen molar-refractivity contribution in [3.63, 3.8) is 0 Å². The summed E-state index contributed by atoms with van der Waals surface area (Å²) in [5.41, 5.74) is 6.60. The number of carbonyl (C=O) groups is 1. The van der Waals surface area contributed by atoms with Crippen LogP contribution in [0.1, 0.15) is 29.5 Å². The van der Waals surface area contributed by atoms with Gasteiger partial charge in [0.25, 0.3) is 5.91 Å². The van der Waals surface area contributed by atoms with Crippen molar-refractivity contribution in [2.24, 2.45) is 5.73 Å². The first-order chi connectivity index (χ1) is 14.8. The minimum absolute atomic E-state index is 0.0692. The number of amides is 1. The second-order valence-electron chi connectivity index (χ2n) is 7.02. The van der Waals surface area contributed by atoms with Gasteiger partial charge in [0.2, 0.25) is 5.82 Å². The number of carbonyl (C=O) groups excluding carboxylic acids is 1. The van der Waals surface area contributed by atoms with Crippen LogP contribution in [0.25, 0.3) is 16.7 Å². The van der Waals surface area contributed by atoms with Crippen LogP contribution >= 0.6 is 23.2 Å². The first kappa shape index (κ1) is 19.5. The maximum Gasteiger partial charge on any atom is 0.446 e. The number of aromatic amines is 1. The number of nitrogens with one attached hydrogen (secondary N) is 1. The molecule has 3 N–H and O–H groups in total. The summed E-state index contributed by atoms with van der Waals surface area (Å²) in [6.07, 6.45) is 1.90. The molecule has 0 spiro atoms. The zero-order valence-corrected chi connectivity index (χ0v) is 17.1. The van der Waals surface area contributed by atoms with Crippen molar-refractivity contribution in [2.75, 3.05) is 0 Å². The molecule has 0 unspecified atom stereocenters. The van der Waals surface area contributed by atoms with Crippen molar-refractivity contribution >= 4 is 40.1 Å². The quantitative estimate of drug-likeness (QED) is 0.468. The molecule has 5 rings (SSSR count). The molecule has 12 heteroatoms. The summed E-state index contributed by atoms with van der Waals surface area (Å²) in [5, 5.41) is 3.49. The molecule has 2 aromatic heterocycles. The SMILES string of the molecule is NC(=O)c1noc(=O)n1-c1cc(Cl)c(Oc2ccc3[nH]c(=O)n(C4CC4)c3c2)c(Cl)c1. The lowest BCUT2D eigenvalue weighted by atomic mass is 10.2. The number of nitrogens with zero attached hydrogens (tertiary/aromatic N) is 3. The lowest BCUT2D eigenvalue weighted by Gasteiger charge is -2.12. The van der Waals surface area contributed by atoms with Crippen LogP contribution in [-0.2, 0) is 0 Å². The van der Waals surface area contributed by atoms with Crippen molar-refractivity contribution < 1.29 is 14.1 Å². The molecule has 1 aliphatic carbocycles. The van der Waals surface area contributed by atoms with E-state index in [2.05, 4.69) is 14.7 Å². The molecule has 2 aromatic carbocycles. The van der Waals surface area contributed by atoms with Crippen molar-refractivity contribution in [3.05, 3.63) is 67.2 Å². The molecule has 0 aliphatic heterocycles. The average molecular weight is 462 g/mol. The van der Waals surface area contributed by atoms with E-state index in [0.717, 1.165) is 22.9 Å². The number of H-pyrrole nitrogens is 1. The maximum absolute atomic E-state index is 12.2. The summed E-state index contributed by atoms with van der Waals surface area (Å²) in [5.74, 6) is -1.74. The van der Waals surface area contributed by atoms with E-state index in [9.17, 15) is 14.4 Å². The van der Waals surface area contributed by atoms with Gasteiger partial charge in [0.15, 0.2) is 5.75 Å². The number of aromatic nitrogens is 4. The van der Waals surface area contributed by atoms with Crippen LogP contribution in [0.15, 0.2) is 44.4 Å². The fourth-order valence-electron chi connectivity index (χ4n) is 3.38. The number of imidazole rings is 1. The molecular formula is C19H13Cl2N5O5. The summed E-state index contributed by atoms with van der Waals surface area (Å²) < 4.78 is 12.9. The van der Waals surface area contributed by atoms with Crippen LogP contribution in [0.3, 0.4) is 0 Å². The second-order valence-corrected chi connectivity index (χ2v) is 7.84. The lowest BCUT2D eigenvalue weighted by molar-refractivity contribution is 0.0985. The Morgan fingerprint density at radius 3 is 2.55 bits per heavy atom. The standard InChI is InChI=1S/C19H13Cl2N5O5/c20-11-5-9(26-17(16(22)27)24-31-19(26)29)6-12(21)15(11)30-10-3-4-13-14(7-10)25(8-1-2-8)18(28)23-13/h3-8H,1-2H2,(H2,22,27)(H,23,28). The monoisotopic (exact) mass is 461 g/mol. The largest absolute Gasteiger partial charge is 0.454 e. The van der Waals surface area contributed by atoms with E-state index >= 15 is 0 Å². The van der Waals surface area contributed by atoms with Crippen LogP contribution < -0.4 is 21.9 Å². The Morgan fingerprint density at radius 1 is 1.19 bits per heavy atom. The van der Waals surface area contributed by atoms with Gasteiger partial charge in [0.05, 0.1) is 26.8 Å². The van der Waals surface area contributed by atoms with Gasteiger partial charge in [-0.1, -0.05) is 23.2 Å². The van der Waals surface area contributed by atoms with Crippen LogP contribution in [0, 0.1) is 0 Å². The molecule has 1 aliphatic rings. The zero-order chi connectivity index (χ0) is 21.9. The van der Waals surface area contributed by atoms with Gasteiger partial charge in [-0.05, 0) is 42.3 Å². The summed E-state index contributed by atoms with van der Waals surface area (Å²) >= 11 is 12.7. The molecule has 2 heterocycles. The number of halogens is 2. The first-order valence-corrected chi connectivity index (χ1v) is 9.89. The summed E-state index contributed by atoms with van der Waals surface area (Å²) in [6.45, 7) is 0. The molecule has 158 valence electrons. The van der Waals surface area contributed by atoms with Gasteiger partial charge in [-0.3, -0.25) is 13.9 Å². The summed E-state index contributed by atoms with van der Waals surface area (Å²) in [6, 6.07) is 8.04. The molecular weight excluding hydrogens is 449 g/mol. The Labute approximate surface area is 182 Å². The third-order valence-electron chi connectivity index (χ3n) is 4.89. The Balaban J connectivity index is 1.54. The van der Waals surface area contributed by atoms with Gasteiger partial charge >= 0.3 is 11.4 Å². The highest BCUT2D eigenvalue weighted by atomic mass is 35.5.